The van der Waals surface area contributed by atoms with Crippen LogP contribution >= 0.6 is 0 Å². The lowest BCUT2D eigenvalue weighted by molar-refractivity contribution is 0.565. The van der Waals surface area contributed by atoms with Gasteiger partial charge in [-0.2, -0.15) is 5.10 Å². The number of benzene rings is 2. The van der Waals surface area contributed by atoms with E-state index in [4.69, 9.17) is 0 Å². The Balaban J connectivity index is 1.83. The standard InChI is InChI=1S/C19H21N3O2S/c1-15-8-3-4-9-17(15)14-25(23,24)21-16(2)18-10-5-6-11-19(18)22-13-7-12-20-22/h3-13,16,21H,14H2,1-2H3/t16-/m0/s1. The molecule has 6 heteroatoms. The van der Waals surface area contributed by atoms with Crippen LogP contribution in [0.3, 0.4) is 0 Å². The van der Waals surface area contributed by atoms with Crippen molar-refractivity contribution in [3.63, 3.8) is 0 Å². The van der Waals surface area contributed by atoms with Crippen LogP contribution in [0.1, 0.15) is 29.7 Å². The van der Waals surface area contributed by atoms with Crippen LogP contribution in [0.5, 0.6) is 0 Å². The van der Waals surface area contributed by atoms with Gasteiger partial charge < -0.3 is 0 Å². The quantitative estimate of drug-likeness (QED) is 0.737. The summed E-state index contributed by atoms with van der Waals surface area (Å²) < 4.78 is 29.7. The average Bonchev–Trinajstić information content (AvgIpc) is 3.11. The van der Waals surface area contributed by atoms with Crippen molar-refractivity contribution in [2.24, 2.45) is 0 Å². The predicted octanol–water partition coefficient (Wildman–Crippen LogP) is 3.36. The maximum Gasteiger partial charge on any atom is 0.216 e. The smallest absolute Gasteiger partial charge is 0.216 e. The van der Waals surface area contributed by atoms with Crippen molar-refractivity contribution in [2.75, 3.05) is 0 Å². The van der Waals surface area contributed by atoms with Gasteiger partial charge in [-0.15, -0.1) is 0 Å². The molecule has 3 aromatic rings. The molecule has 0 aliphatic rings. The topological polar surface area (TPSA) is 64.0 Å². The Labute approximate surface area is 148 Å². The van der Waals surface area contributed by atoms with E-state index >= 15 is 0 Å². The van der Waals surface area contributed by atoms with Gasteiger partial charge in [0.25, 0.3) is 0 Å². The SMILES string of the molecule is Cc1ccccc1CS(=O)(=O)N[C@@H](C)c1ccccc1-n1cccn1. The lowest BCUT2D eigenvalue weighted by Crippen LogP contribution is -2.29. The summed E-state index contributed by atoms with van der Waals surface area (Å²) in [6.07, 6.45) is 3.54. The summed E-state index contributed by atoms with van der Waals surface area (Å²) in [6, 6.07) is 16.6. The second-order valence-corrected chi connectivity index (χ2v) is 7.79. The average molecular weight is 355 g/mol. The zero-order chi connectivity index (χ0) is 17.9. The van der Waals surface area contributed by atoms with Crippen LogP contribution in [0.2, 0.25) is 0 Å². The summed E-state index contributed by atoms with van der Waals surface area (Å²) >= 11 is 0. The molecule has 5 nitrogen and oxygen atoms in total. The Morgan fingerprint density at radius 2 is 1.80 bits per heavy atom. The molecule has 1 aromatic heterocycles. The van der Waals surface area contributed by atoms with Crippen LogP contribution in [0.15, 0.2) is 67.0 Å². The Morgan fingerprint density at radius 1 is 1.08 bits per heavy atom. The molecule has 0 spiro atoms. The number of nitrogens with one attached hydrogen (secondary N) is 1. The van der Waals surface area contributed by atoms with Gasteiger partial charge in [0.15, 0.2) is 0 Å². The maximum atomic E-state index is 12.6. The fraction of sp³-hybridized carbons (Fsp3) is 0.211. The number of hydrogen-bond donors (Lipinski definition) is 1. The lowest BCUT2D eigenvalue weighted by atomic mass is 10.1. The highest BCUT2D eigenvalue weighted by molar-refractivity contribution is 7.88. The zero-order valence-corrected chi connectivity index (χ0v) is 15.1. The molecular weight excluding hydrogens is 334 g/mol. The number of nitrogens with zero attached hydrogens (tertiary/aromatic N) is 2. The van der Waals surface area contributed by atoms with Gasteiger partial charge in [-0.25, -0.2) is 17.8 Å². The first-order chi connectivity index (χ1) is 12.0. The third-order valence-corrected chi connectivity index (χ3v) is 5.52. The number of aromatic nitrogens is 2. The van der Waals surface area contributed by atoms with Gasteiger partial charge in [0.2, 0.25) is 10.0 Å². The number of aryl methyl sites for hydroxylation is 1. The molecule has 0 aliphatic heterocycles. The van der Waals surface area contributed by atoms with Gasteiger partial charge in [-0.05, 0) is 42.7 Å². The molecule has 1 heterocycles. The Kier molecular flexibility index (Phi) is 5.01. The zero-order valence-electron chi connectivity index (χ0n) is 14.3. The molecule has 1 N–H and O–H groups in total. The third-order valence-electron chi connectivity index (χ3n) is 4.12. The Hall–Kier alpha value is -2.44. The fourth-order valence-corrected chi connectivity index (χ4v) is 4.31. The molecule has 1 atom stereocenters. The normalized spacial score (nSPS) is 12.9. The molecule has 0 unspecified atom stereocenters. The van der Waals surface area contributed by atoms with Crippen LogP contribution in [0.25, 0.3) is 5.69 Å². The van der Waals surface area contributed by atoms with E-state index in [9.17, 15) is 8.42 Å². The van der Waals surface area contributed by atoms with Crippen molar-refractivity contribution >= 4 is 10.0 Å². The predicted molar refractivity (Wildman–Crippen MR) is 98.9 cm³/mol. The Morgan fingerprint density at radius 3 is 2.52 bits per heavy atom. The molecule has 2 aromatic carbocycles. The first kappa shape index (κ1) is 17.4. The van der Waals surface area contributed by atoms with Crippen molar-refractivity contribution < 1.29 is 8.42 Å². The summed E-state index contributed by atoms with van der Waals surface area (Å²) in [6.45, 7) is 3.76. The molecule has 0 saturated carbocycles. The van der Waals surface area contributed by atoms with E-state index in [0.717, 1.165) is 22.4 Å². The van der Waals surface area contributed by atoms with E-state index in [-0.39, 0.29) is 11.8 Å². The van der Waals surface area contributed by atoms with Gasteiger partial charge in [0.05, 0.1) is 11.4 Å². The van der Waals surface area contributed by atoms with Crippen molar-refractivity contribution in [1.29, 1.82) is 0 Å². The minimum absolute atomic E-state index is 0.0338. The van der Waals surface area contributed by atoms with E-state index in [1.165, 1.54) is 0 Å². The molecule has 3 rings (SSSR count). The highest BCUT2D eigenvalue weighted by Crippen LogP contribution is 2.22. The highest BCUT2D eigenvalue weighted by atomic mass is 32.2. The van der Waals surface area contributed by atoms with Crippen molar-refractivity contribution in [3.8, 4) is 5.69 Å². The second kappa shape index (κ2) is 7.21. The van der Waals surface area contributed by atoms with Crippen molar-refractivity contribution in [1.82, 2.24) is 14.5 Å². The molecule has 0 bridgehead atoms. The first-order valence-corrected chi connectivity index (χ1v) is 9.75. The molecule has 0 saturated heterocycles. The van der Waals surface area contributed by atoms with E-state index in [1.54, 1.807) is 10.9 Å². The molecule has 25 heavy (non-hydrogen) atoms. The van der Waals surface area contributed by atoms with Crippen LogP contribution in [-0.4, -0.2) is 18.2 Å². The van der Waals surface area contributed by atoms with Gasteiger partial charge in [-0.1, -0.05) is 42.5 Å². The summed E-state index contributed by atoms with van der Waals surface area (Å²) in [7, 11) is -3.47. The monoisotopic (exact) mass is 355 g/mol. The summed E-state index contributed by atoms with van der Waals surface area (Å²) in [5.74, 6) is -0.0338. The minimum Gasteiger partial charge on any atom is -0.241 e. The van der Waals surface area contributed by atoms with E-state index in [2.05, 4.69) is 9.82 Å². The van der Waals surface area contributed by atoms with Crippen LogP contribution < -0.4 is 4.72 Å². The van der Waals surface area contributed by atoms with Crippen LogP contribution in [0.4, 0.5) is 0 Å². The van der Waals surface area contributed by atoms with Gasteiger partial charge >= 0.3 is 0 Å². The number of sulfonamides is 1. The highest BCUT2D eigenvalue weighted by Gasteiger charge is 2.19. The molecule has 130 valence electrons. The molecule has 0 fully saturated rings. The van der Waals surface area contributed by atoms with Crippen molar-refractivity contribution in [2.45, 2.75) is 25.6 Å². The summed E-state index contributed by atoms with van der Waals surface area (Å²) in [5.41, 5.74) is 3.51. The van der Waals surface area contributed by atoms with E-state index in [0.29, 0.717) is 0 Å². The maximum absolute atomic E-state index is 12.6. The summed E-state index contributed by atoms with van der Waals surface area (Å²) in [5, 5.41) is 4.24. The number of rotatable bonds is 6. The molecular formula is C19H21N3O2S. The molecule has 0 amide bonds. The van der Waals surface area contributed by atoms with E-state index < -0.39 is 10.0 Å². The first-order valence-electron chi connectivity index (χ1n) is 8.10. The number of para-hydroxylation sites is 1. The van der Waals surface area contributed by atoms with Crippen LogP contribution in [0, 0.1) is 6.92 Å². The second-order valence-electron chi connectivity index (χ2n) is 6.03. The number of hydrogen-bond acceptors (Lipinski definition) is 3. The van der Waals surface area contributed by atoms with E-state index in [1.807, 2.05) is 74.6 Å². The van der Waals surface area contributed by atoms with Gasteiger partial charge in [0.1, 0.15) is 0 Å². The Bertz CT molecular complexity index is 950. The fourth-order valence-electron chi connectivity index (χ4n) is 2.82. The van der Waals surface area contributed by atoms with Crippen LogP contribution in [-0.2, 0) is 15.8 Å². The molecule has 0 aliphatic carbocycles. The van der Waals surface area contributed by atoms with Gasteiger partial charge in [-0.3, -0.25) is 0 Å². The third kappa shape index (κ3) is 4.15. The molecule has 0 radical (unpaired) electrons. The minimum atomic E-state index is -3.47. The lowest BCUT2D eigenvalue weighted by Gasteiger charge is -2.18. The summed E-state index contributed by atoms with van der Waals surface area (Å²) in [4.78, 5) is 0. The van der Waals surface area contributed by atoms with Gasteiger partial charge in [0, 0.05) is 18.4 Å². The largest absolute Gasteiger partial charge is 0.241 e. The van der Waals surface area contributed by atoms with Crippen molar-refractivity contribution in [3.05, 3.63) is 83.7 Å².